The third-order valence-corrected chi connectivity index (χ3v) is 3.63. The SMILES string of the molecule is O=C(Cc1ccccc1)N/N=C\c1ccc(-c2ccccc2)cc1. The number of carbonyl (C=O) groups is 1. The van der Waals surface area contributed by atoms with Gasteiger partial charge in [0, 0.05) is 0 Å². The van der Waals surface area contributed by atoms with Crippen molar-refractivity contribution in [3.05, 3.63) is 96.1 Å². The fraction of sp³-hybridized carbons (Fsp3) is 0.0476. The molecule has 1 N–H and O–H groups in total. The normalized spacial score (nSPS) is 10.7. The molecule has 3 aromatic rings. The van der Waals surface area contributed by atoms with Crippen molar-refractivity contribution in [3.8, 4) is 11.1 Å². The highest BCUT2D eigenvalue weighted by Crippen LogP contribution is 2.18. The summed E-state index contributed by atoms with van der Waals surface area (Å²) in [5.41, 5.74) is 6.80. The predicted octanol–water partition coefficient (Wildman–Crippen LogP) is 4.05. The maximum absolute atomic E-state index is 11.8. The molecule has 0 saturated carbocycles. The third kappa shape index (κ3) is 4.40. The van der Waals surface area contributed by atoms with Gasteiger partial charge in [-0.05, 0) is 22.3 Å². The molecule has 3 heteroatoms. The van der Waals surface area contributed by atoms with Crippen LogP contribution in [0.1, 0.15) is 11.1 Å². The fourth-order valence-corrected chi connectivity index (χ4v) is 2.39. The first kappa shape index (κ1) is 15.7. The minimum absolute atomic E-state index is 0.127. The number of amides is 1. The van der Waals surface area contributed by atoms with E-state index in [-0.39, 0.29) is 5.91 Å². The van der Waals surface area contributed by atoms with Gasteiger partial charge >= 0.3 is 0 Å². The standard InChI is InChI=1S/C21H18N2O/c24-21(15-17-7-3-1-4-8-17)23-22-16-18-11-13-20(14-12-18)19-9-5-2-6-10-19/h1-14,16H,15H2,(H,23,24)/b22-16-. The highest BCUT2D eigenvalue weighted by molar-refractivity contribution is 5.84. The van der Waals surface area contributed by atoms with Gasteiger partial charge in [0.1, 0.15) is 0 Å². The molecule has 118 valence electrons. The van der Waals surface area contributed by atoms with Crippen LogP contribution in [-0.2, 0) is 11.2 Å². The summed E-state index contributed by atoms with van der Waals surface area (Å²) >= 11 is 0. The zero-order valence-corrected chi connectivity index (χ0v) is 13.2. The van der Waals surface area contributed by atoms with Crippen molar-refractivity contribution >= 4 is 12.1 Å². The van der Waals surface area contributed by atoms with Crippen molar-refractivity contribution in [3.63, 3.8) is 0 Å². The van der Waals surface area contributed by atoms with Gasteiger partial charge in [-0.2, -0.15) is 5.10 Å². The number of hydrogen-bond donors (Lipinski definition) is 1. The molecule has 0 aliphatic rings. The maximum Gasteiger partial charge on any atom is 0.244 e. The van der Waals surface area contributed by atoms with E-state index in [0.29, 0.717) is 6.42 Å². The van der Waals surface area contributed by atoms with Gasteiger partial charge in [0.05, 0.1) is 12.6 Å². The first-order chi connectivity index (χ1) is 11.8. The van der Waals surface area contributed by atoms with Gasteiger partial charge in [-0.1, -0.05) is 84.9 Å². The largest absolute Gasteiger partial charge is 0.273 e. The molecule has 24 heavy (non-hydrogen) atoms. The van der Waals surface area contributed by atoms with Crippen LogP contribution in [0.5, 0.6) is 0 Å². The molecule has 0 unspecified atom stereocenters. The Morgan fingerprint density at radius 2 is 1.38 bits per heavy atom. The zero-order valence-electron chi connectivity index (χ0n) is 13.2. The number of rotatable bonds is 5. The molecule has 0 aromatic heterocycles. The Bertz CT molecular complexity index is 809. The summed E-state index contributed by atoms with van der Waals surface area (Å²) in [5.74, 6) is -0.127. The van der Waals surface area contributed by atoms with E-state index in [2.05, 4.69) is 22.7 Å². The molecule has 0 fully saturated rings. The first-order valence-electron chi connectivity index (χ1n) is 7.82. The van der Waals surface area contributed by atoms with E-state index in [1.807, 2.05) is 72.8 Å². The highest BCUT2D eigenvalue weighted by Gasteiger charge is 2.01. The van der Waals surface area contributed by atoms with Crippen molar-refractivity contribution in [2.24, 2.45) is 5.10 Å². The lowest BCUT2D eigenvalue weighted by Crippen LogP contribution is -2.19. The summed E-state index contributed by atoms with van der Waals surface area (Å²) in [6.07, 6.45) is 1.97. The van der Waals surface area contributed by atoms with Crippen LogP contribution >= 0.6 is 0 Å². The quantitative estimate of drug-likeness (QED) is 0.560. The molecule has 0 spiro atoms. The van der Waals surface area contributed by atoms with Crippen molar-refractivity contribution in [1.29, 1.82) is 0 Å². The summed E-state index contributed by atoms with van der Waals surface area (Å²) in [6.45, 7) is 0. The topological polar surface area (TPSA) is 41.5 Å². The lowest BCUT2D eigenvalue weighted by atomic mass is 10.0. The summed E-state index contributed by atoms with van der Waals surface area (Å²) in [6, 6.07) is 27.9. The number of carbonyl (C=O) groups excluding carboxylic acids is 1. The Labute approximate surface area is 141 Å². The van der Waals surface area contributed by atoms with Gasteiger partial charge in [0.25, 0.3) is 0 Å². The van der Waals surface area contributed by atoms with Gasteiger partial charge in [0.2, 0.25) is 5.91 Å². The Kier molecular flexibility index (Phi) is 5.15. The van der Waals surface area contributed by atoms with E-state index in [1.54, 1.807) is 6.21 Å². The van der Waals surface area contributed by atoms with Crippen LogP contribution in [0.3, 0.4) is 0 Å². The first-order valence-corrected chi connectivity index (χ1v) is 7.82. The van der Waals surface area contributed by atoms with Crippen LogP contribution in [0.4, 0.5) is 0 Å². The van der Waals surface area contributed by atoms with Gasteiger partial charge in [-0.3, -0.25) is 4.79 Å². The van der Waals surface area contributed by atoms with Crippen molar-refractivity contribution < 1.29 is 4.79 Å². The van der Waals surface area contributed by atoms with Crippen LogP contribution in [-0.4, -0.2) is 12.1 Å². The highest BCUT2D eigenvalue weighted by atomic mass is 16.2. The molecule has 3 nitrogen and oxygen atoms in total. The molecule has 3 rings (SSSR count). The molecule has 1 amide bonds. The van der Waals surface area contributed by atoms with E-state index in [1.165, 1.54) is 5.56 Å². The molecular formula is C21H18N2O. The molecule has 0 atom stereocenters. The Balaban J connectivity index is 1.56. The average Bonchev–Trinajstić information content (AvgIpc) is 2.64. The second-order valence-electron chi connectivity index (χ2n) is 5.44. The van der Waals surface area contributed by atoms with E-state index in [4.69, 9.17) is 0 Å². The van der Waals surface area contributed by atoms with Crippen molar-refractivity contribution in [2.75, 3.05) is 0 Å². The number of nitrogens with one attached hydrogen (secondary N) is 1. The monoisotopic (exact) mass is 314 g/mol. The Morgan fingerprint density at radius 3 is 2.04 bits per heavy atom. The Morgan fingerprint density at radius 1 is 0.792 bits per heavy atom. The van der Waals surface area contributed by atoms with Gasteiger partial charge in [0.15, 0.2) is 0 Å². The predicted molar refractivity (Wildman–Crippen MR) is 97.8 cm³/mol. The van der Waals surface area contributed by atoms with E-state index < -0.39 is 0 Å². The zero-order chi connectivity index (χ0) is 16.6. The minimum atomic E-state index is -0.127. The van der Waals surface area contributed by atoms with Crippen molar-refractivity contribution in [1.82, 2.24) is 5.43 Å². The fourth-order valence-electron chi connectivity index (χ4n) is 2.39. The molecule has 0 aliphatic carbocycles. The molecule has 0 heterocycles. The van der Waals surface area contributed by atoms with Gasteiger partial charge < -0.3 is 0 Å². The Hall–Kier alpha value is -3.20. The molecule has 0 bridgehead atoms. The average molecular weight is 314 g/mol. The maximum atomic E-state index is 11.8. The van der Waals surface area contributed by atoms with E-state index in [9.17, 15) is 4.79 Å². The summed E-state index contributed by atoms with van der Waals surface area (Å²) in [4.78, 5) is 11.8. The third-order valence-electron chi connectivity index (χ3n) is 3.63. The molecule has 0 radical (unpaired) electrons. The molecule has 0 aliphatic heterocycles. The summed E-state index contributed by atoms with van der Waals surface area (Å²) in [7, 11) is 0. The smallest absolute Gasteiger partial charge is 0.244 e. The minimum Gasteiger partial charge on any atom is -0.273 e. The summed E-state index contributed by atoms with van der Waals surface area (Å²) in [5, 5.41) is 4.02. The van der Waals surface area contributed by atoms with Crippen LogP contribution in [0.2, 0.25) is 0 Å². The van der Waals surface area contributed by atoms with Gasteiger partial charge in [-0.25, -0.2) is 5.43 Å². The van der Waals surface area contributed by atoms with Crippen LogP contribution in [0.25, 0.3) is 11.1 Å². The molecule has 0 saturated heterocycles. The van der Waals surface area contributed by atoms with Gasteiger partial charge in [-0.15, -0.1) is 0 Å². The van der Waals surface area contributed by atoms with E-state index >= 15 is 0 Å². The summed E-state index contributed by atoms with van der Waals surface area (Å²) < 4.78 is 0. The number of hydrogen-bond acceptors (Lipinski definition) is 2. The second-order valence-corrected chi connectivity index (χ2v) is 5.44. The van der Waals surface area contributed by atoms with Crippen LogP contribution in [0.15, 0.2) is 90.0 Å². The molecular weight excluding hydrogens is 296 g/mol. The second kappa shape index (κ2) is 7.88. The number of benzene rings is 3. The van der Waals surface area contributed by atoms with Crippen LogP contribution in [0, 0.1) is 0 Å². The lowest BCUT2D eigenvalue weighted by molar-refractivity contribution is -0.120. The van der Waals surface area contributed by atoms with Crippen LogP contribution < -0.4 is 5.43 Å². The molecule has 3 aromatic carbocycles. The van der Waals surface area contributed by atoms with E-state index in [0.717, 1.165) is 16.7 Å². The number of hydrazone groups is 1. The number of nitrogens with zero attached hydrogens (tertiary/aromatic N) is 1. The lowest BCUT2D eigenvalue weighted by Gasteiger charge is -2.02. The van der Waals surface area contributed by atoms with Crippen molar-refractivity contribution in [2.45, 2.75) is 6.42 Å².